The van der Waals surface area contributed by atoms with Crippen molar-refractivity contribution >= 4 is 0 Å². The normalized spacial score (nSPS) is 44.0. The highest BCUT2D eigenvalue weighted by molar-refractivity contribution is 4.89. The van der Waals surface area contributed by atoms with Gasteiger partial charge in [0.25, 0.3) is 0 Å². The number of nitrogens with two attached hydrogens (primary N) is 1. The van der Waals surface area contributed by atoms with E-state index < -0.39 is 6.17 Å². The molecule has 2 aliphatic rings. The average molecular weight is 174 g/mol. The van der Waals surface area contributed by atoms with Crippen molar-refractivity contribution in [3.05, 3.63) is 0 Å². The molecule has 2 saturated heterocycles. The SMILES string of the molecule is N[C@@H]1CCN(C2COCC2F)C1. The van der Waals surface area contributed by atoms with Crippen molar-refractivity contribution in [3.8, 4) is 0 Å². The number of ether oxygens (including phenoxy) is 1. The van der Waals surface area contributed by atoms with E-state index in [1.807, 2.05) is 0 Å². The van der Waals surface area contributed by atoms with Crippen LogP contribution in [-0.4, -0.2) is 49.5 Å². The van der Waals surface area contributed by atoms with E-state index in [9.17, 15) is 4.39 Å². The van der Waals surface area contributed by atoms with Gasteiger partial charge >= 0.3 is 0 Å². The van der Waals surface area contributed by atoms with Gasteiger partial charge < -0.3 is 10.5 Å². The summed E-state index contributed by atoms with van der Waals surface area (Å²) in [4.78, 5) is 2.11. The molecule has 12 heavy (non-hydrogen) atoms. The van der Waals surface area contributed by atoms with Gasteiger partial charge in [-0.3, -0.25) is 4.90 Å². The Labute approximate surface area is 71.7 Å². The predicted octanol–water partition coefficient (Wildman–Crippen LogP) is -0.244. The number of likely N-dealkylation sites (tertiary alicyclic amines) is 1. The monoisotopic (exact) mass is 174 g/mol. The molecule has 4 heteroatoms. The molecule has 0 saturated carbocycles. The lowest BCUT2D eigenvalue weighted by Crippen LogP contribution is -2.41. The van der Waals surface area contributed by atoms with E-state index >= 15 is 0 Å². The molecule has 2 fully saturated rings. The third-order valence-corrected chi connectivity index (χ3v) is 2.71. The Hall–Kier alpha value is -0.190. The van der Waals surface area contributed by atoms with E-state index in [0.717, 1.165) is 19.5 Å². The van der Waals surface area contributed by atoms with Crippen LogP contribution in [0.25, 0.3) is 0 Å². The Balaban J connectivity index is 1.91. The number of nitrogens with zero attached hydrogens (tertiary/aromatic N) is 1. The van der Waals surface area contributed by atoms with Crippen molar-refractivity contribution in [1.29, 1.82) is 0 Å². The highest BCUT2D eigenvalue weighted by atomic mass is 19.1. The summed E-state index contributed by atoms with van der Waals surface area (Å²) >= 11 is 0. The van der Waals surface area contributed by atoms with Crippen LogP contribution < -0.4 is 5.73 Å². The van der Waals surface area contributed by atoms with E-state index in [1.54, 1.807) is 0 Å². The molecular weight excluding hydrogens is 159 g/mol. The Morgan fingerprint density at radius 2 is 2.25 bits per heavy atom. The van der Waals surface area contributed by atoms with Crippen molar-refractivity contribution in [2.75, 3.05) is 26.3 Å². The lowest BCUT2D eigenvalue weighted by molar-refractivity contribution is 0.156. The molecule has 2 unspecified atom stereocenters. The second-order valence-corrected chi connectivity index (χ2v) is 3.66. The number of rotatable bonds is 1. The van der Waals surface area contributed by atoms with E-state index in [0.29, 0.717) is 6.61 Å². The van der Waals surface area contributed by atoms with Gasteiger partial charge in [-0.05, 0) is 6.42 Å². The molecule has 70 valence electrons. The van der Waals surface area contributed by atoms with Gasteiger partial charge in [-0.2, -0.15) is 0 Å². The summed E-state index contributed by atoms with van der Waals surface area (Å²) in [5, 5.41) is 0. The van der Waals surface area contributed by atoms with Crippen LogP contribution in [-0.2, 0) is 4.74 Å². The summed E-state index contributed by atoms with van der Waals surface area (Å²) in [6, 6.07) is 0.205. The van der Waals surface area contributed by atoms with Gasteiger partial charge in [0.2, 0.25) is 0 Å². The van der Waals surface area contributed by atoms with Gasteiger partial charge in [0.05, 0.1) is 19.3 Å². The molecule has 0 aliphatic carbocycles. The average Bonchev–Trinajstić information content (AvgIpc) is 2.58. The molecule has 0 aromatic heterocycles. The first-order chi connectivity index (χ1) is 5.77. The summed E-state index contributed by atoms with van der Waals surface area (Å²) in [7, 11) is 0. The summed E-state index contributed by atoms with van der Waals surface area (Å²) in [6.45, 7) is 2.55. The summed E-state index contributed by atoms with van der Waals surface area (Å²) in [5.74, 6) is 0. The molecule has 0 aromatic rings. The van der Waals surface area contributed by atoms with E-state index in [-0.39, 0.29) is 18.7 Å². The maximum absolute atomic E-state index is 13.2. The van der Waals surface area contributed by atoms with Crippen molar-refractivity contribution in [2.24, 2.45) is 5.73 Å². The molecule has 0 radical (unpaired) electrons. The summed E-state index contributed by atoms with van der Waals surface area (Å²) in [5.41, 5.74) is 5.73. The van der Waals surface area contributed by atoms with Crippen LogP contribution in [0, 0.1) is 0 Å². The Morgan fingerprint density at radius 1 is 1.42 bits per heavy atom. The van der Waals surface area contributed by atoms with Crippen LogP contribution in [0.5, 0.6) is 0 Å². The van der Waals surface area contributed by atoms with Gasteiger partial charge in [-0.1, -0.05) is 0 Å². The molecule has 2 heterocycles. The van der Waals surface area contributed by atoms with Crippen molar-refractivity contribution < 1.29 is 9.13 Å². The summed E-state index contributed by atoms with van der Waals surface area (Å²) < 4.78 is 18.2. The maximum atomic E-state index is 13.2. The fourth-order valence-corrected chi connectivity index (χ4v) is 1.97. The second kappa shape index (κ2) is 3.28. The minimum absolute atomic E-state index is 0.0291. The maximum Gasteiger partial charge on any atom is 0.141 e. The summed E-state index contributed by atoms with van der Waals surface area (Å²) in [6.07, 6.45) is 0.179. The van der Waals surface area contributed by atoms with Crippen LogP contribution in [0.2, 0.25) is 0 Å². The van der Waals surface area contributed by atoms with Crippen molar-refractivity contribution in [1.82, 2.24) is 4.90 Å². The Kier molecular flexibility index (Phi) is 2.30. The fraction of sp³-hybridized carbons (Fsp3) is 1.00. The number of hydrogen-bond acceptors (Lipinski definition) is 3. The third kappa shape index (κ3) is 1.46. The first-order valence-corrected chi connectivity index (χ1v) is 4.49. The molecule has 2 aliphatic heterocycles. The van der Waals surface area contributed by atoms with Crippen LogP contribution in [0.4, 0.5) is 4.39 Å². The van der Waals surface area contributed by atoms with Gasteiger partial charge in [-0.15, -0.1) is 0 Å². The molecular formula is C8H15FN2O. The number of hydrogen-bond donors (Lipinski definition) is 1. The zero-order valence-electron chi connectivity index (χ0n) is 7.08. The van der Waals surface area contributed by atoms with Crippen LogP contribution in [0.1, 0.15) is 6.42 Å². The quantitative estimate of drug-likeness (QED) is 0.596. The van der Waals surface area contributed by atoms with Crippen LogP contribution >= 0.6 is 0 Å². The Morgan fingerprint density at radius 3 is 2.75 bits per heavy atom. The fourth-order valence-electron chi connectivity index (χ4n) is 1.97. The minimum atomic E-state index is -0.810. The molecule has 0 spiro atoms. The molecule has 2 rings (SSSR count). The molecule has 0 amide bonds. The zero-order valence-corrected chi connectivity index (χ0v) is 7.08. The van der Waals surface area contributed by atoms with Gasteiger partial charge in [0.1, 0.15) is 6.17 Å². The van der Waals surface area contributed by atoms with Gasteiger partial charge in [0, 0.05) is 19.1 Å². The Bertz CT molecular complexity index is 167. The first kappa shape index (κ1) is 8.41. The number of alkyl halides is 1. The predicted molar refractivity (Wildman–Crippen MR) is 43.7 cm³/mol. The van der Waals surface area contributed by atoms with Crippen molar-refractivity contribution in [2.45, 2.75) is 24.7 Å². The molecule has 2 N–H and O–H groups in total. The molecule has 0 bridgehead atoms. The first-order valence-electron chi connectivity index (χ1n) is 4.49. The van der Waals surface area contributed by atoms with Crippen LogP contribution in [0.3, 0.4) is 0 Å². The van der Waals surface area contributed by atoms with E-state index in [1.165, 1.54) is 0 Å². The molecule has 3 nitrogen and oxygen atoms in total. The minimum Gasteiger partial charge on any atom is -0.377 e. The lowest BCUT2D eigenvalue weighted by atomic mass is 10.2. The highest BCUT2D eigenvalue weighted by Crippen LogP contribution is 2.20. The third-order valence-electron chi connectivity index (χ3n) is 2.71. The van der Waals surface area contributed by atoms with Gasteiger partial charge in [-0.25, -0.2) is 4.39 Å². The second-order valence-electron chi connectivity index (χ2n) is 3.66. The topological polar surface area (TPSA) is 38.5 Å². The standard InChI is InChI=1S/C8H15FN2O/c9-7-4-12-5-8(7)11-2-1-6(10)3-11/h6-8H,1-5,10H2/t6-,7?,8?/m1/s1. The molecule has 3 atom stereocenters. The largest absolute Gasteiger partial charge is 0.377 e. The lowest BCUT2D eigenvalue weighted by Gasteiger charge is -2.23. The van der Waals surface area contributed by atoms with Crippen molar-refractivity contribution in [3.63, 3.8) is 0 Å². The zero-order chi connectivity index (χ0) is 8.55. The van der Waals surface area contributed by atoms with E-state index in [4.69, 9.17) is 10.5 Å². The van der Waals surface area contributed by atoms with Gasteiger partial charge in [0.15, 0.2) is 0 Å². The smallest absolute Gasteiger partial charge is 0.141 e. The molecule has 0 aromatic carbocycles. The van der Waals surface area contributed by atoms with E-state index in [2.05, 4.69) is 4.90 Å². The number of halogens is 1. The highest BCUT2D eigenvalue weighted by Gasteiger charge is 2.35. The van der Waals surface area contributed by atoms with Crippen LogP contribution in [0.15, 0.2) is 0 Å².